The van der Waals surface area contributed by atoms with Gasteiger partial charge in [-0.05, 0) is 44.7 Å². The van der Waals surface area contributed by atoms with Crippen molar-refractivity contribution in [1.82, 2.24) is 5.32 Å². The monoisotopic (exact) mass is 155 g/mol. The Kier molecular flexibility index (Phi) is 1.90. The lowest BCUT2D eigenvalue weighted by Gasteiger charge is -2.44. The third kappa shape index (κ3) is 1.30. The van der Waals surface area contributed by atoms with Crippen LogP contribution in [0.25, 0.3) is 0 Å². The zero-order valence-electron chi connectivity index (χ0n) is 6.97. The number of hydrogen-bond donors (Lipinski definition) is 2. The highest BCUT2D eigenvalue weighted by atomic mass is 16.3. The summed E-state index contributed by atoms with van der Waals surface area (Å²) >= 11 is 0. The Balaban J connectivity index is 1.94. The fourth-order valence-corrected chi connectivity index (χ4v) is 2.21. The maximum atomic E-state index is 10.2. The fourth-order valence-electron chi connectivity index (χ4n) is 2.21. The van der Waals surface area contributed by atoms with E-state index >= 15 is 0 Å². The number of aliphatic hydroxyl groups is 1. The van der Waals surface area contributed by atoms with E-state index in [0.717, 1.165) is 25.9 Å². The van der Waals surface area contributed by atoms with Crippen LogP contribution in [0, 0.1) is 5.92 Å². The summed E-state index contributed by atoms with van der Waals surface area (Å²) in [5.41, 5.74) is -0.288. The van der Waals surface area contributed by atoms with Gasteiger partial charge in [-0.2, -0.15) is 0 Å². The average Bonchev–Trinajstić information content (AvgIpc) is 1.83. The van der Waals surface area contributed by atoms with E-state index in [9.17, 15) is 5.11 Å². The lowest BCUT2D eigenvalue weighted by Crippen LogP contribution is -2.49. The summed E-state index contributed by atoms with van der Waals surface area (Å²) in [4.78, 5) is 0. The Hall–Kier alpha value is -0.0800. The van der Waals surface area contributed by atoms with Crippen LogP contribution < -0.4 is 5.32 Å². The maximum absolute atomic E-state index is 10.2. The molecule has 1 heterocycles. The quantitative estimate of drug-likeness (QED) is 0.589. The van der Waals surface area contributed by atoms with Crippen LogP contribution in [-0.4, -0.2) is 23.8 Å². The number of rotatable bonds is 1. The van der Waals surface area contributed by atoms with E-state index in [1.165, 1.54) is 19.3 Å². The van der Waals surface area contributed by atoms with Gasteiger partial charge in [0.1, 0.15) is 0 Å². The minimum Gasteiger partial charge on any atom is -0.390 e. The third-order valence-corrected chi connectivity index (χ3v) is 3.33. The predicted octanol–water partition coefficient (Wildman–Crippen LogP) is 0.901. The lowest BCUT2D eigenvalue weighted by atomic mass is 9.69. The molecule has 64 valence electrons. The summed E-state index contributed by atoms with van der Waals surface area (Å²) in [7, 11) is 0. The Morgan fingerprint density at radius 1 is 1.18 bits per heavy atom. The van der Waals surface area contributed by atoms with E-state index in [4.69, 9.17) is 0 Å². The number of nitrogens with one attached hydrogen (secondary N) is 1. The van der Waals surface area contributed by atoms with Crippen molar-refractivity contribution in [3.05, 3.63) is 0 Å². The van der Waals surface area contributed by atoms with Crippen molar-refractivity contribution in [2.45, 2.75) is 37.7 Å². The molecule has 0 radical (unpaired) electrons. The van der Waals surface area contributed by atoms with E-state index in [1.54, 1.807) is 0 Å². The summed E-state index contributed by atoms with van der Waals surface area (Å²) in [6, 6.07) is 0. The second-order valence-corrected chi connectivity index (χ2v) is 3.98. The molecule has 0 amide bonds. The molecule has 1 saturated heterocycles. The molecule has 0 aromatic carbocycles. The first kappa shape index (κ1) is 7.56. The van der Waals surface area contributed by atoms with Crippen molar-refractivity contribution in [3.8, 4) is 0 Å². The number of piperidine rings is 1. The first-order chi connectivity index (χ1) is 5.31. The Labute approximate surface area is 68.0 Å². The van der Waals surface area contributed by atoms with Crippen LogP contribution in [0.2, 0.25) is 0 Å². The van der Waals surface area contributed by atoms with E-state index < -0.39 is 0 Å². The molecule has 1 saturated carbocycles. The first-order valence-corrected chi connectivity index (χ1v) is 4.74. The predicted molar refractivity (Wildman–Crippen MR) is 44.4 cm³/mol. The molecule has 2 N–H and O–H groups in total. The van der Waals surface area contributed by atoms with Crippen LogP contribution >= 0.6 is 0 Å². The molecule has 0 spiro atoms. The standard InChI is InChI=1S/C9H17NO/c11-9(8-2-1-3-8)4-6-10-7-5-9/h8,10-11H,1-7H2. The van der Waals surface area contributed by atoms with Crippen molar-refractivity contribution in [1.29, 1.82) is 0 Å². The van der Waals surface area contributed by atoms with Crippen LogP contribution in [0.15, 0.2) is 0 Å². The van der Waals surface area contributed by atoms with Crippen molar-refractivity contribution in [2.24, 2.45) is 5.92 Å². The summed E-state index contributed by atoms with van der Waals surface area (Å²) in [5.74, 6) is 0.629. The summed E-state index contributed by atoms with van der Waals surface area (Å²) in [6.07, 6.45) is 5.79. The van der Waals surface area contributed by atoms with Gasteiger partial charge in [-0.25, -0.2) is 0 Å². The maximum Gasteiger partial charge on any atom is 0.0700 e. The van der Waals surface area contributed by atoms with Crippen molar-refractivity contribution in [3.63, 3.8) is 0 Å². The van der Waals surface area contributed by atoms with Crippen molar-refractivity contribution in [2.75, 3.05) is 13.1 Å². The van der Waals surface area contributed by atoms with E-state index in [2.05, 4.69) is 5.32 Å². The van der Waals surface area contributed by atoms with Crippen LogP contribution in [0.5, 0.6) is 0 Å². The zero-order chi connectivity index (χ0) is 7.73. The molecular formula is C9H17NO. The molecule has 0 atom stereocenters. The van der Waals surface area contributed by atoms with Crippen molar-refractivity contribution < 1.29 is 5.11 Å². The van der Waals surface area contributed by atoms with Gasteiger partial charge in [0.25, 0.3) is 0 Å². The van der Waals surface area contributed by atoms with Crippen LogP contribution in [0.4, 0.5) is 0 Å². The smallest absolute Gasteiger partial charge is 0.0700 e. The largest absolute Gasteiger partial charge is 0.390 e. The molecule has 1 aliphatic heterocycles. The highest BCUT2D eigenvalue weighted by Gasteiger charge is 2.40. The van der Waals surface area contributed by atoms with Gasteiger partial charge in [0.15, 0.2) is 0 Å². The SMILES string of the molecule is OC1(C2CCC2)CCNCC1. The second-order valence-electron chi connectivity index (χ2n) is 3.98. The van der Waals surface area contributed by atoms with E-state index in [-0.39, 0.29) is 5.60 Å². The molecule has 0 bridgehead atoms. The molecule has 2 rings (SSSR count). The molecule has 2 aliphatic rings. The molecule has 0 aromatic rings. The third-order valence-electron chi connectivity index (χ3n) is 3.33. The molecule has 11 heavy (non-hydrogen) atoms. The summed E-state index contributed by atoms with van der Waals surface area (Å²) in [6.45, 7) is 2.01. The van der Waals surface area contributed by atoms with Gasteiger partial charge in [-0.15, -0.1) is 0 Å². The van der Waals surface area contributed by atoms with Crippen LogP contribution in [0.3, 0.4) is 0 Å². The van der Waals surface area contributed by atoms with Gasteiger partial charge in [0.2, 0.25) is 0 Å². The Morgan fingerprint density at radius 3 is 2.27 bits per heavy atom. The van der Waals surface area contributed by atoms with Crippen LogP contribution in [-0.2, 0) is 0 Å². The molecule has 2 nitrogen and oxygen atoms in total. The number of hydrogen-bond acceptors (Lipinski definition) is 2. The van der Waals surface area contributed by atoms with Gasteiger partial charge in [0.05, 0.1) is 5.60 Å². The normalized spacial score (nSPS) is 31.4. The lowest BCUT2D eigenvalue weighted by molar-refractivity contribution is -0.0714. The molecule has 2 heteroatoms. The Bertz CT molecular complexity index is 136. The van der Waals surface area contributed by atoms with Gasteiger partial charge >= 0.3 is 0 Å². The molecule has 2 fully saturated rings. The molecule has 0 unspecified atom stereocenters. The van der Waals surface area contributed by atoms with Gasteiger partial charge < -0.3 is 10.4 Å². The average molecular weight is 155 g/mol. The van der Waals surface area contributed by atoms with Crippen molar-refractivity contribution >= 4 is 0 Å². The molecule has 1 aliphatic carbocycles. The Morgan fingerprint density at radius 2 is 1.82 bits per heavy atom. The highest BCUT2D eigenvalue weighted by molar-refractivity contribution is 4.93. The zero-order valence-corrected chi connectivity index (χ0v) is 6.97. The molecular weight excluding hydrogens is 138 g/mol. The minimum absolute atomic E-state index is 0.288. The topological polar surface area (TPSA) is 32.3 Å². The van der Waals surface area contributed by atoms with E-state index in [0.29, 0.717) is 5.92 Å². The minimum atomic E-state index is -0.288. The summed E-state index contributed by atoms with van der Waals surface area (Å²) < 4.78 is 0. The highest BCUT2D eigenvalue weighted by Crippen LogP contribution is 2.40. The van der Waals surface area contributed by atoms with E-state index in [1.807, 2.05) is 0 Å². The first-order valence-electron chi connectivity index (χ1n) is 4.74. The van der Waals surface area contributed by atoms with Gasteiger partial charge in [-0.1, -0.05) is 6.42 Å². The van der Waals surface area contributed by atoms with Gasteiger partial charge in [0, 0.05) is 0 Å². The fraction of sp³-hybridized carbons (Fsp3) is 1.00. The summed E-state index contributed by atoms with van der Waals surface area (Å²) in [5, 5.41) is 13.4. The second kappa shape index (κ2) is 2.76. The molecule has 0 aromatic heterocycles. The van der Waals surface area contributed by atoms with Gasteiger partial charge in [-0.3, -0.25) is 0 Å². The van der Waals surface area contributed by atoms with Crippen LogP contribution in [0.1, 0.15) is 32.1 Å².